The van der Waals surface area contributed by atoms with Crippen molar-refractivity contribution in [2.75, 3.05) is 0 Å². The van der Waals surface area contributed by atoms with E-state index in [2.05, 4.69) is 48.5 Å². The number of fused-ring (bicyclic) bond motifs is 2. The van der Waals surface area contributed by atoms with Crippen molar-refractivity contribution in [3.8, 4) is 0 Å². The number of carbonyl (C=O) groups excluding carboxylic acids is 1. The number of aryl methyl sites for hydroxylation is 2. The first kappa shape index (κ1) is 16.9. The molecule has 126 valence electrons. The summed E-state index contributed by atoms with van der Waals surface area (Å²) in [5.74, 6) is 0.00168. The van der Waals surface area contributed by atoms with Crippen molar-refractivity contribution in [1.82, 2.24) is 0 Å². The summed E-state index contributed by atoms with van der Waals surface area (Å²) >= 11 is 0. The van der Waals surface area contributed by atoms with E-state index < -0.39 is 6.10 Å². The lowest BCUT2D eigenvalue weighted by atomic mass is 9.97. The summed E-state index contributed by atoms with van der Waals surface area (Å²) in [4.78, 5) is 12.0. The van der Waals surface area contributed by atoms with Crippen molar-refractivity contribution < 1.29 is 9.90 Å². The molecule has 0 spiro atoms. The SMILES string of the molecule is O=C1CCCCc2ccc(cc2)Cc2ccc(cc2)CCCC1O. The van der Waals surface area contributed by atoms with Crippen LogP contribution in [0, 0.1) is 0 Å². The number of Topliss-reactive ketones (excluding diaryl/α,β-unsaturated/α-hetero) is 1. The van der Waals surface area contributed by atoms with Gasteiger partial charge in [-0.2, -0.15) is 0 Å². The van der Waals surface area contributed by atoms with Crippen molar-refractivity contribution in [3.05, 3.63) is 70.8 Å². The van der Waals surface area contributed by atoms with Gasteiger partial charge in [0.25, 0.3) is 0 Å². The highest BCUT2D eigenvalue weighted by atomic mass is 16.3. The van der Waals surface area contributed by atoms with Gasteiger partial charge in [0.15, 0.2) is 5.78 Å². The standard InChI is InChI=1S/C22H26O2/c23-21-6-2-1-4-17-8-12-19(13-9-17)16-20-14-10-18(11-15-20)5-3-7-22(21)24/h8-15,22,24H,1-7,16H2. The van der Waals surface area contributed by atoms with Crippen LogP contribution >= 0.6 is 0 Å². The highest BCUT2D eigenvalue weighted by Gasteiger charge is 2.14. The minimum Gasteiger partial charge on any atom is -0.385 e. The first-order valence-electron chi connectivity index (χ1n) is 9.07. The van der Waals surface area contributed by atoms with Crippen LogP contribution in [0.2, 0.25) is 0 Å². The number of aliphatic hydroxyl groups excluding tert-OH is 1. The van der Waals surface area contributed by atoms with Gasteiger partial charge >= 0.3 is 0 Å². The van der Waals surface area contributed by atoms with E-state index in [1.54, 1.807) is 0 Å². The van der Waals surface area contributed by atoms with Crippen LogP contribution in [0.1, 0.15) is 54.4 Å². The molecule has 0 amide bonds. The second-order valence-electron chi connectivity index (χ2n) is 6.89. The number of carbonyl (C=O) groups is 1. The Morgan fingerprint density at radius 1 is 0.667 bits per heavy atom. The third-order valence-electron chi connectivity index (χ3n) is 4.91. The number of rotatable bonds is 0. The lowest BCUT2D eigenvalue weighted by molar-refractivity contribution is -0.127. The zero-order valence-electron chi connectivity index (χ0n) is 14.2. The van der Waals surface area contributed by atoms with Crippen LogP contribution < -0.4 is 0 Å². The quantitative estimate of drug-likeness (QED) is 0.787. The second-order valence-corrected chi connectivity index (χ2v) is 6.89. The number of hydrogen-bond donors (Lipinski definition) is 1. The molecule has 0 heterocycles. The third-order valence-corrected chi connectivity index (χ3v) is 4.91. The van der Waals surface area contributed by atoms with E-state index in [0.29, 0.717) is 12.8 Å². The molecule has 1 atom stereocenters. The summed E-state index contributed by atoms with van der Waals surface area (Å²) < 4.78 is 0. The van der Waals surface area contributed by atoms with Crippen molar-refractivity contribution in [2.24, 2.45) is 0 Å². The van der Waals surface area contributed by atoms with E-state index in [9.17, 15) is 9.90 Å². The third kappa shape index (κ3) is 4.78. The van der Waals surface area contributed by atoms with Gasteiger partial charge in [0, 0.05) is 6.42 Å². The highest BCUT2D eigenvalue weighted by molar-refractivity contribution is 5.82. The van der Waals surface area contributed by atoms with Crippen LogP contribution in [0.5, 0.6) is 0 Å². The first-order valence-corrected chi connectivity index (χ1v) is 9.07. The molecule has 0 saturated carbocycles. The second kappa shape index (κ2) is 8.25. The minimum absolute atomic E-state index is 0.00168. The summed E-state index contributed by atoms with van der Waals surface area (Å²) in [6, 6.07) is 17.5. The number of ketones is 1. The first-order chi connectivity index (χ1) is 11.7. The summed E-state index contributed by atoms with van der Waals surface area (Å²) in [6.45, 7) is 0. The molecule has 0 aromatic heterocycles. The fourth-order valence-electron chi connectivity index (χ4n) is 3.34. The van der Waals surface area contributed by atoms with Crippen LogP contribution in [0.15, 0.2) is 48.5 Å². The zero-order valence-corrected chi connectivity index (χ0v) is 14.2. The molecule has 3 aliphatic rings. The van der Waals surface area contributed by atoms with Gasteiger partial charge in [-0.05, 0) is 67.2 Å². The van der Waals surface area contributed by atoms with E-state index in [1.165, 1.54) is 22.3 Å². The van der Waals surface area contributed by atoms with E-state index in [-0.39, 0.29) is 5.78 Å². The van der Waals surface area contributed by atoms with Crippen LogP contribution in [0.4, 0.5) is 0 Å². The van der Waals surface area contributed by atoms with Gasteiger partial charge in [0.2, 0.25) is 0 Å². The molecule has 2 heteroatoms. The Morgan fingerprint density at radius 2 is 1.12 bits per heavy atom. The van der Waals surface area contributed by atoms with Crippen LogP contribution in [-0.4, -0.2) is 17.0 Å². The molecule has 0 radical (unpaired) electrons. The molecule has 3 aliphatic carbocycles. The summed E-state index contributed by atoms with van der Waals surface area (Å²) in [7, 11) is 0. The minimum atomic E-state index is -0.789. The Balaban J connectivity index is 1.74. The predicted molar refractivity (Wildman–Crippen MR) is 97.2 cm³/mol. The van der Waals surface area contributed by atoms with Gasteiger partial charge < -0.3 is 5.11 Å². The monoisotopic (exact) mass is 322 g/mol. The van der Waals surface area contributed by atoms with Crippen molar-refractivity contribution in [2.45, 2.75) is 57.5 Å². The molecular weight excluding hydrogens is 296 g/mol. The fraction of sp³-hybridized carbons (Fsp3) is 0.409. The Morgan fingerprint density at radius 3 is 1.71 bits per heavy atom. The number of benzene rings is 2. The maximum atomic E-state index is 12.0. The van der Waals surface area contributed by atoms with Crippen molar-refractivity contribution in [1.29, 1.82) is 0 Å². The van der Waals surface area contributed by atoms with E-state index in [4.69, 9.17) is 0 Å². The van der Waals surface area contributed by atoms with Gasteiger partial charge in [-0.3, -0.25) is 4.79 Å². The predicted octanol–water partition coefficient (Wildman–Crippen LogP) is 4.26. The van der Waals surface area contributed by atoms with Gasteiger partial charge in [-0.25, -0.2) is 0 Å². The molecule has 5 rings (SSSR count). The van der Waals surface area contributed by atoms with Gasteiger partial charge in [0.05, 0.1) is 0 Å². The Kier molecular flexibility index (Phi) is 5.81. The molecule has 1 N–H and O–H groups in total. The molecule has 0 aliphatic heterocycles. The molecular formula is C22H26O2. The molecule has 1 unspecified atom stereocenters. The average molecular weight is 322 g/mol. The molecule has 0 saturated heterocycles. The molecule has 2 aromatic rings. The normalized spacial score (nSPS) is 19.9. The van der Waals surface area contributed by atoms with E-state index in [0.717, 1.165) is 38.5 Å². The number of hydrogen-bond acceptors (Lipinski definition) is 2. The molecule has 2 nitrogen and oxygen atoms in total. The van der Waals surface area contributed by atoms with E-state index >= 15 is 0 Å². The topological polar surface area (TPSA) is 37.3 Å². The molecule has 0 fully saturated rings. The van der Waals surface area contributed by atoms with Crippen molar-refractivity contribution >= 4 is 5.78 Å². The molecule has 2 aromatic carbocycles. The smallest absolute Gasteiger partial charge is 0.161 e. The Hall–Kier alpha value is -1.93. The van der Waals surface area contributed by atoms with Gasteiger partial charge in [-0.1, -0.05) is 48.5 Å². The van der Waals surface area contributed by atoms with E-state index in [1.807, 2.05) is 0 Å². The Labute approximate surface area is 144 Å². The Bertz CT molecular complexity index is 655. The van der Waals surface area contributed by atoms with Crippen molar-refractivity contribution in [3.63, 3.8) is 0 Å². The van der Waals surface area contributed by atoms with Gasteiger partial charge in [0.1, 0.15) is 6.10 Å². The largest absolute Gasteiger partial charge is 0.385 e. The van der Waals surface area contributed by atoms with Crippen LogP contribution in [-0.2, 0) is 24.1 Å². The molecule has 4 bridgehead atoms. The lowest BCUT2D eigenvalue weighted by Gasteiger charge is -2.11. The van der Waals surface area contributed by atoms with Crippen LogP contribution in [0.25, 0.3) is 0 Å². The van der Waals surface area contributed by atoms with Crippen LogP contribution in [0.3, 0.4) is 0 Å². The fourth-order valence-corrected chi connectivity index (χ4v) is 3.34. The molecule has 24 heavy (non-hydrogen) atoms. The summed E-state index contributed by atoms with van der Waals surface area (Å²) in [6.07, 6.45) is 5.87. The highest BCUT2D eigenvalue weighted by Crippen LogP contribution is 2.16. The maximum Gasteiger partial charge on any atom is 0.161 e. The summed E-state index contributed by atoms with van der Waals surface area (Å²) in [5, 5.41) is 10.0. The number of aliphatic hydroxyl groups is 1. The zero-order chi connectivity index (χ0) is 16.8. The maximum absolute atomic E-state index is 12.0. The summed E-state index contributed by atoms with van der Waals surface area (Å²) in [5.41, 5.74) is 5.26. The average Bonchev–Trinajstić information content (AvgIpc) is 2.60. The van der Waals surface area contributed by atoms with Gasteiger partial charge in [-0.15, -0.1) is 0 Å². The lowest BCUT2D eigenvalue weighted by Crippen LogP contribution is -2.20.